The van der Waals surface area contributed by atoms with Gasteiger partial charge in [-0.3, -0.25) is 0 Å². The van der Waals surface area contributed by atoms with E-state index in [0.29, 0.717) is 18.4 Å². The molecular formula is C18H20N4O. The van der Waals surface area contributed by atoms with E-state index in [1.165, 1.54) is 24.8 Å². The average molecular weight is 308 g/mol. The molecule has 5 heteroatoms. The summed E-state index contributed by atoms with van der Waals surface area (Å²) in [5.41, 5.74) is 1.95. The lowest BCUT2D eigenvalue weighted by atomic mass is 9.98. The van der Waals surface area contributed by atoms with Gasteiger partial charge in [0.1, 0.15) is 6.10 Å². The molecular weight excluding hydrogens is 288 g/mol. The van der Waals surface area contributed by atoms with Crippen LogP contribution in [0.5, 0.6) is 5.88 Å². The highest BCUT2D eigenvalue weighted by Crippen LogP contribution is 2.22. The highest BCUT2D eigenvalue weighted by Gasteiger charge is 2.16. The summed E-state index contributed by atoms with van der Waals surface area (Å²) >= 11 is 0. The average Bonchev–Trinajstić information content (AvgIpc) is 2.99. The molecule has 4 rings (SSSR count). The van der Waals surface area contributed by atoms with Crippen LogP contribution in [-0.2, 0) is 6.42 Å². The van der Waals surface area contributed by atoms with Gasteiger partial charge in [0.25, 0.3) is 0 Å². The first kappa shape index (κ1) is 14.2. The Morgan fingerprint density at radius 3 is 2.61 bits per heavy atom. The molecule has 0 amide bonds. The topological polar surface area (TPSA) is 52.3 Å². The molecule has 1 saturated carbocycles. The molecule has 2 aromatic heterocycles. The quantitative estimate of drug-likeness (QED) is 0.741. The van der Waals surface area contributed by atoms with Crippen molar-refractivity contribution in [3.05, 3.63) is 53.9 Å². The van der Waals surface area contributed by atoms with Crippen LogP contribution in [0, 0.1) is 0 Å². The number of nitrogens with zero attached hydrogens (tertiary/aromatic N) is 4. The number of hydrogen-bond donors (Lipinski definition) is 0. The maximum atomic E-state index is 6.05. The molecule has 1 aliphatic rings. The molecule has 0 aliphatic heterocycles. The van der Waals surface area contributed by atoms with Crippen LogP contribution >= 0.6 is 0 Å². The highest BCUT2D eigenvalue weighted by molar-refractivity contribution is 5.38. The van der Waals surface area contributed by atoms with Crippen LogP contribution in [0.4, 0.5) is 0 Å². The maximum absolute atomic E-state index is 6.05. The lowest BCUT2D eigenvalue weighted by Gasteiger charge is -2.22. The highest BCUT2D eigenvalue weighted by atomic mass is 16.5. The van der Waals surface area contributed by atoms with Gasteiger partial charge in [0.05, 0.1) is 0 Å². The Morgan fingerprint density at radius 1 is 0.957 bits per heavy atom. The number of benzene rings is 1. The number of hydrogen-bond acceptors (Lipinski definition) is 4. The van der Waals surface area contributed by atoms with E-state index in [9.17, 15) is 0 Å². The normalized spacial score (nSPS) is 15.8. The second-order valence-corrected chi connectivity index (χ2v) is 6.10. The van der Waals surface area contributed by atoms with Gasteiger partial charge in [0, 0.05) is 12.5 Å². The Morgan fingerprint density at radius 2 is 1.78 bits per heavy atom. The maximum Gasteiger partial charge on any atom is 0.232 e. The van der Waals surface area contributed by atoms with Gasteiger partial charge in [-0.1, -0.05) is 36.8 Å². The van der Waals surface area contributed by atoms with E-state index in [1.54, 1.807) is 4.52 Å². The van der Waals surface area contributed by atoms with Gasteiger partial charge in [0.2, 0.25) is 5.88 Å². The number of aromatic nitrogens is 4. The van der Waals surface area contributed by atoms with Crippen LogP contribution in [-0.4, -0.2) is 25.9 Å². The SMILES string of the molecule is c1ccc(Cc2nnc3ccc(OC4CCCCC4)nn23)cc1. The predicted octanol–water partition coefficient (Wildman–Crippen LogP) is 3.43. The lowest BCUT2D eigenvalue weighted by molar-refractivity contribution is 0.146. The van der Waals surface area contributed by atoms with Gasteiger partial charge in [-0.15, -0.1) is 15.3 Å². The first-order valence-corrected chi connectivity index (χ1v) is 8.30. The van der Waals surface area contributed by atoms with Crippen molar-refractivity contribution < 1.29 is 4.74 Å². The molecule has 0 radical (unpaired) electrons. The van der Waals surface area contributed by atoms with Crippen LogP contribution in [0.3, 0.4) is 0 Å². The van der Waals surface area contributed by atoms with Crippen LogP contribution in [0.2, 0.25) is 0 Å². The van der Waals surface area contributed by atoms with E-state index >= 15 is 0 Å². The lowest BCUT2D eigenvalue weighted by Crippen LogP contribution is -2.20. The summed E-state index contributed by atoms with van der Waals surface area (Å²) in [4.78, 5) is 0. The van der Waals surface area contributed by atoms with Crippen molar-refractivity contribution >= 4 is 5.65 Å². The van der Waals surface area contributed by atoms with Crippen molar-refractivity contribution in [1.82, 2.24) is 19.8 Å². The predicted molar refractivity (Wildman–Crippen MR) is 87.5 cm³/mol. The Balaban J connectivity index is 1.58. The number of rotatable bonds is 4. The van der Waals surface area contributed by atoms with E-state index in [2.05, 4.69) is 27.4 Å². The second kappa shape index (κ2) is 6.36. The molecule has 1 aromatic carbocycles. The van der Waals surface area contributed by atoms with Gasteiger partial charge in [-0.25, -0.2) is 0 Å². The molecule has 1 aliphatic carbocycles. The van der Waals surface area contributed by atoms with Crippen LogP contribution in [0.25, 0.3) is 5.65 Å². The van der Waals surface area contributed by atoms with Gasteiger partial charge in [-0.05, 0) is 37.3 Å². The molecule has 0 bridgehead atoms. The number of ether oxygens (including phenoxy) is 1. The Labute approximate surface area is 135 Å². The van der Waals surface area contributed by atoms with Crippen LogP contribution in [0.15, 0.2) is 42.5 Å². The summed E-state index contributed by atoms with van der Waals surface area (Å²) in [7, 11) is 0. The fraction of sp³-hybridized carbons (Fsp3) is 0.389. The van der Waals surface area contributed by atoms with Crippen molar-refractivity contribution in [2.24, 2.45) is 0 Å². The van der Waals surface area contributed by atoms with Crippen molar-refractivity contribution in [1.29, 1.82) is 0 Å². The van der Waals surface area contributed by atoms with Crippen molar-refractivity contribution in [3.63, 3.8) is 0 Å². The molecule has 3 aromatic rings. The van der Waals surface area contributed by atoms with Gasteiger partial charge in [0.15, 0.2) is 11.5 Å². The van der Waals surface area contributed by atoms with E-state index in [1.807, 2.05) is 30.3 Å². The molecule has 0 atom stereocenters. The van der Waals surface area contributed by atoms with Gasteiger partial charge in [-0.2, -0.15) is 4.52 Å². The smallest absolute Gasteiger partial charge is 0.232 e. The van der Waals surface area contributed by atoms with Crippen molar-refractivity contribution in [2.75, 3.05) is 0 Å². The first-order valence-electron chi connectivity index (χ1n) is 8.30. The van der Waals surface area contributed by atoms with E-state index in [-0.39, 0.29) is 0 Å². The first-order chi connectivity index (χ1) is 11.4. The zero-order valence-electron chi connectivity index (χ0n) is 13.1. The molecule has 0 N–H and O–H groups in total. The van der Waals surface area contributed by atoms with Gasteiger partial charge < -0.3 is 4.74 Å². The number of fused-ring (bicyclic) bond motifs is 1. The summed E-state index contributed by atoms with van der Waals surface area (Å²) in [5, 5.41) is 13.1. The standard InChI is InChI=1S/C18H20N4O/c1-3-7-14(8-4-1)13-17-20-19-16-11-12-18(21-22(16)17)23-15-9-5-2-6-10-15/h1,3-4,7-8,11-12,15H,2,5-6,9-10,13H2. The third-order valence-electron chi connectivity index (χ3n) is 4.35. The third-order valence-corrected chi connectivity index (χ3v) is 4.35. The molecule has 23 heavy (non-hydrogen) atoms. The van der Waals surface area contributed by atoms with E-state index in [0.717, 1.165) is 24.3 Å². The summed E-state index contributed by atoms with van der Waals surface area (Å²) in [5.74, 6) is 1.50. The molecule has 0 unspecified atom stereocenters. The molecule has 5 nitrogen and oxygen atoms in total. The van der Waals surface area contributed by atoms with E-state index in [4.69, 9.17) is 4.74 Å². The summed E-state index contributed by atoms with van der Waals surface area (Å²) < 4.78 is 7.85. The Bertz CT molecular complexity index is 778. The van der Waals surface area contributed by atoms with Crippen LogP contribution < -0.4 is 4.74 Å². The fourth-order valence-corrected chi connectivity index (χ4v) is 3.12. The Hall–Kier alpha value is -2.43. The largest absolute Gasteiger partial charge is 0.473 e. The minimum absolute atomic E-state index is 0.294. The third kappa shape index (κ3) is 3.18. The molecule has 0 spiro atoms. The summed E-state index contributed by atoms with van der Waals surface area (Å²) in [6.07, 6.45) is 7.07. The molecule has 118 valence electrons. The zero-order chi connectivity index (χ0) is 15.5. The fourth-order valence-electron chi connectivity index (χ4n) is 3.12. The zero-order valence-corrected chi connectivity index (χ0v) is 13.1. The summed E-state index contributed by atoms with van der Waals surface area (Å²) in [6.45, 7) is 0. The van der Waals surface area contributed by atoms with Crippen LogP contribution in [0.1, 0.15) is 43.5 Å². The second-order valence-electron chi connectivity index (χ2n) is 6.10. The van der Waals surface area contributed by atoms with E-state index < -0.39 is 0 Å². The van der Waals surface area contributed by atoms with Crippen molar-refractivity contribution in [2.45, 2.75) is 44.6 Å². The molecule has 1 fully saturated rings. The Kier molecular flexibility index (Phi) is 3.92. The monoisotopic (exact) mass is 308 g/mol. The minimum atomic E-state index is 0.294. The van der Waals surface area contributed by atoms with Gasteiger partial charge >= 0.3 is 0 Å². The van der Waals surface area contributed by atoms with Crippen molar-refractivity contribution in [3.8, 4) is 5.88 Å². The molecule has 0 saturated heterocycles. The summed E-state index contributed by atoms with van der Waals surface area (Å²) in [6, 6.07) is 14.1. The molecule has 2 heterocycles. The minimum Gasteiger partial charge on any atom is -0.473 e.